The Balaban J connectivity index is 2.18. The van der Waals surface area contributed by atoms with Crippen molar-refractivity contribution < 1.29 is 9.90 Å². The van der Waals surface area contributed by atoms with Crippen molar-refractivity contribution in [1.82, 2.24) is 4.98 Å². The van der Waals surface area contributed by atoms with Crippen LogP contribution in [-0.2, 0) is 0 Å². The molecule has 0 bridgehead atoms. The van der Waals surface area contributed by atoms with E-state index in [9.17, 15) is 9.90 Å². The van der Waals surface area contributed by atoms with Crippen LogP contribution in [-0.4, -0.2) is 16.0 Å². The zero-order valence-corrected chi connectivity index (χ0v) is 11.2. The first-order valence-corrected chi connectivity index (χ1v) is 6.08. The molecule has 1 heterocycles. The van der Waals surface area contributed by atoms with Crippen molar-refractivity contribution in [3.8, 4) is 5.75 Å². The first-order chi connectivity index (χ1) is 8.56. The molecule has 0 atom stereocenters. The molecule has 0 aliphatic carbocycles. The molecule has 1 amide bonds. The van der Waals surface area contributed by atoms with Gasteiger partial charge in [-0.3, -0.25) is 4.79 Å². The quantitative estimate of drug-likeness (QED) is 0.838. The minimum atomic E-state index is -0.283. The molecule has 18 heavy (non-hydrogen) atoms. The molecule has 2 N–H and O–H groups in total. The average molecular weight is 307 g/mol. The van der Waals surface area contributed by atoms with Gasteiger partial charge in [-0.2, -0.15) is 0 Å². The molecule has 0 saturated heterocycles. The number of aryl methyl sites for hydroxylation is 1. The Morgan fingerprint density at radius 2 is 2.17 bits per heavy atom. The van der Waals surface area contributed by atoms with Gasteiger partial charge < -0.3 is 10.4 Å². The molecule has 0 aliphatic rings. The van der Waals surface area contributed by atoms with Crippen LogP contribution in [0.4, 0.5) is 5.69 Å². The number of amides is 1. The Kier molecular flexibility index (Phi) is 3.62. The second-order valence-corrected chi connectivity index (χ2v) is 4.59. The summed E-state index contributed by atoms with van der Waals surface area (Å²) in [6.45, 7) is 1.89. The van der Waals surface area contributed by atoms with Crippen LogP contribution >= 0.6 is 15.9 Å². The summed E-state index contributed by atoms with van der Waals surface area (Å²) in [4.78, 5) is 16.0. The fraction of sp³-hybridized carbons (Fsp3) is 0.0769. The van der Waals surface area contributed by atoms with Crippen molar-refractivity contribution >= 4 is 27.5 Å². The third-order valence-electron chi connectivity index (χ3n) is 2.38. The lowest BCUT2D eigenvalue weighted by molar-refractivity contribution is 0.102. The number of benzene rings is 1. The van der Waals surface area contributed by atoms with E-state index >= 15 is 0 Å². The maximum atomic E-state index is 11.9. The molecule has 5 heteroatoms. The van der Waals surface area contributed by atoms with Gasteiger partial charge in [-0.15, -0.1) is 0 Å². The SMILES string of the molecule is Cc1cc(NC(=O)c2cccc(O)c2)cnc1Br. The summed E-state index contributed by atoms with van der Waals surface area (Å²) < 4.78 is 0.748. The molecule has 0 unspecified atom stereocenters. The van der Waals surface area contributed by atoms with Gasteiger partial charge >= 0.3 is 0 Å². The highest BCUT2D eigenvalue weighted by Gasteiger charge is 2.07. The second kappa shape index (κ2) is 5.18. The maximum absolute atomic E-state index is 11.9. The second-order valence-electron chi connectivity index (χ2n) is 3.84. The molecular formula is C13H11BrN2O2. The molecule has 92 valence electrons. The molecule has 1 aromatic heterocycles. The third-order valence-corrected chi connectivity index (χ3v) is 3.21. The van der Waals surface area contributed by atoms with E-state index in [0.29, 0.717) is 11.3 Å². The minimum absolute atomic E-state index is 0.0627. The molecule has 0 fully saturated rings. The fourth-order valence-corrected chi connectivity index (χ4v) is 1.69. The number of halogens is 1. The minimum Gasteiger partial charge on any atom is -0.508 e. The molecule has 0 aliphatic heterocycles. The number of hydrogen-bond donors (Lipinski definition) is 2. The number of aromatic hydroxyl groups is 1. The van der Waals surface area contributed by atoms with E-state index in [4.69, 9.17) is 0 Å². The molecule has 0 radical (unpaired) electrons. The van der Waals surface area contributed by atoms with Gasteiger partial charge in [0.1, 0.15) is 10.4 Å². The molecule has 1 aromatic carbocycles. The van der Waals surface area contributed by atoms with Crippen molar-refractivity contribution in [3.63, 3.8) is 0 Å². The predicted octanol–water partition coefficient (Wildman–Crippen LogP) is 3.11. The van der Waals surface area contributed by atoms with Crippen molar-refractivity contribution in [2.75, 3.05) is 5.32 Å². The first-order valence-electron chi connectivity index (χ1n) is 5.29. The molecule has 2 aromatic rings. The van der Waals surface area contributed by atoms with Gasteiger partial charge in [0.15, 0.2) is 0 Å². The standard InChI is InChI=1S/C13H11BrN2O2/c1-8-5-10(7-15-12(8)14)16-13(18)9-3-2-4-11(17)6-9/h2-7,17H,1H3,(H,16,18). The number of carbonyl (C=O) groups excluding carboxylic acids is 1. The summed E-state index contributed by atoms with van der Waals surface area (Å²) in [7, 11) is 0. The highest BCUT2D eigenvalue weighted by Crippen LogP contribution is 2.18. The Bertz CT molecular complexity index is 599. The van der Waals surface area contributed by atoms with Gasteiger partial charge in [-0.05, 0) is 52.7 Å². The number of anilines is 1. The average Bonchev–Trinajstić information content (AvgIpc) is 2.34. The molecule has 0 spiro atoms. The van der Waals surface area contributed by atoms with E-state index in [1.807, 2.05) is 13.0 Å². The van der Waals surface area contributed by atoms with E-state index in [1.54, 1.807) is 18.3 Å². The van der Waals surface area contributed by atoms with Gasteiger partial charge in [0.05, 0.1) is 11.9 Å². The Hall–Kier alpha value is -1.88. The summed E-state index contributed by atoms with van der Waals surface area (Å²) in [5.74, 6) is -0.220. The lowest BCUT2D eigenvalue weighted by Gasteiger charge is -2.06. The third kappa shape index (κ3) is 2.87. The maximum Gasteiger partial charge on any atom is 0.255 e. The van der Waals surface area contributed by atoms with Crippen LogP contribution in [0.3, 0.4) is 0 Å². The number of phenolic OH excluding ortho intramolecular Hbond substituents is 1. The van der Waals surface area contributed by atoms with Crippen LogP contribution in [0, 0.1) is 6.92 Å². The van der Waals surface area contributed by atoms with Crippen LogP contribution in [0.1, 0.15) is 15.9 Å². The number of hydrogen-bond acceptors (Lipinski definition) is 3. The smallest absolute Gasteiger partial charge is 0.255 e. The number of carbonyl (C=O) groups is 1. The van der Waals surface area contributed by atoms with Gasteiger partial charge in [-0.25, -0.2) is 4.98 Å². The van der Waals surface area contributed by atoms with Crippen LogP contribution in [0.25, 0.3) is 0 Å². The summed E-state index contributed by atoms with van der Waals surface area (Å²) in [6.07, 6.45) is 1.57. The summed E-state index contributed by atoms with van der Waals surface area (Å²) in [5.41, 5.74) is 1.95. The monoisotopic (exact) mass is 306 g/mol. The van der Waals surface area contributed by atoms with E-state index in [1.165, 1.54) is 12.1 Å². The van der Waals surface area contributed by atoms with E-state index < -0.39 is 0 Å². The number of aromatic nitrogens is 1. The summed E-state index contributed by atoms with van der Waals surface area (Å²) >= 11 is 3.29. The summed E-state index contributed by atoms with van der Waals surface area (Å²) in [6, 6.07) is 8.00. The molecule has 2 rings (SSSR count). The van der Waals surface area contributed by atoms with Crippen LogP contribution < -0.4 is 5.32 Å². The number of pyridine rings is 1. The Labute approximate surface area is 113 Å². The first kappa shape index (κ1) is 12.6. The highest BCUT2D eigenvalue weighted by atomic mass is 79.9. The van der Waals surface area contributed by atoms with Crippen molar-refractivity contribution in [2.24, 2.45) is 0 Å². The highest BCUT2D eigenvalue weighted by molar-refractivity contribution is 9.10. The zero-order chi connectivity index (χ0) is 13.1. The zero-order valence-electron chi connectivity index (χ0n) is 9.64. The number of nitrogens with zero attached hydrogens (tertiary/aromatic N) is 1. The van der Waals surface area contributed by atoms with E-state index in [-0.39, 0.29) is 11.7 Å². The van der Waals surface area contributed by atoms with Crippen LogP contribution in [0.5, 0.6) is 5.75 Å². The molecule has 4 nitrogen and oxygen atoms in total. The number of phenols is 1. The lowest BCUT2D eigenvalue weighted by atomic mass is 10.2. The van der Waals surface area contributed by atoms with Crippen LogP contribution in [0.15, 0.2) is 41.1 Å². The predicted molar refractivity (Wildman–Crippen MR) is 72.7 cm³/mol. The van der Waals surface area contributed by atoms with Crippen molar-refractivity contribution in [1.29, 1.82) is 0 Å². The van der Waals surface area contributed by atoms with Crippen LogP contribution in [0.2, 0.25) is 0 Å². The normalized spacial score (nSPS) is 10.1. The Morgan fingerprint density at radius 3 is 2.83 bits per heavy atom. The van der Waals surface area contributed by atoms with Gasteiger partial charge in [-0.1, -0.05) is 6.07 Å². The van der Waals surface area contributed by atoms with Gasteiger partial charge in [0, 0.05) is 5.56 Å². The molecular weight excluding hydrogens is 296 g/mol. The number of nitrogens with one attached hydrogen (secondary N) is 1. The largest absolute Gasteiger partial charge is 0.508 e. The van der Waals surface area contributed by atoms with E-state index in [0.717, 1.165) is 10.2 Å². The number of rotatable bonds is 2. The van der Waals surface area contributed by atoms with E-state index in [2.05, 4.69) is 26.2 Å². The molecule has 0 saturated carbocycles. The topological polar surface area (TPSA) is 62.2 Å². The van der Waals surface area contributed by atoms with Crippen molar-refractivity contribution in [2.45, 2.75) is 6.92 Å². The Morgan fingerprint density at radius 1 is 1.39 bits per heavy atom. The van der Waals surface area contributed by atoms with Gasteiger partial charge in [0.25, 0.3) is 5.91 Å². The summed E-state index contributed by atoms with van der Waals surface area (Å²) in [5, 5.41) is 12.0. The fourth-order valence-electron chi connectivity index (χ4n) is 1.48. The lowest BCUT2D eigenvalue weighted by Crippen LogP contribution is -2.12. The van der Waals surface area contributed by atoms with Crippen molar-refractivity contribution in [3.05, 3.63) is 52.3 Å². The van der Waals surface area contributed by atoms with Gasteiger partial charge in [0.2, 0.25) is 0 Å².